The quantitative estimate of drug-likeness (QED) is 0.754. The maximum absolute atomic E-state index is 12.8. The molecule has 2 rings (SSSR count). The lowest BCUT2D eigenvalue weighted by Gasteiger charge is -2.37. The minimum absolute atomic E-state index is 0.00200. The average molecular weight is 354 g/mol. The molecule has 1 aliphatic rings. The Labute approximate surface area is 149 Å². The van der Waals surface area contributed by atoms with Gasteiger partial charge in [-0.3, -0.25) is 4.79 Å². The highest BCUT2D eigenvalue weighted by Gasteiger charge is 2.40. The van der Waals surface area contributed by atoms with Crippen LogP contribution in [-0.4, -0.2) is 54.4 Å². The zero-order valence-corrected chi connectivity index (χ0v) is 15.7. The Hall–Kier alpha value is -1.51. The van der Waals surface area contributed by atoms with Crippen molar-refractivity contribution in [2.45, 2.75) is 46.3 Å². The molecule has 0 aliphatic carbocycles. The number of carbonyl (C=O) groups is 1. The molecule has 1 unspecified atom stereocenters. The van der Waals surface area contributed by atoms with Crippen LogP contribution in [0.4, 0.5) is 0 Å². The van der Waals surface area contributed by atoms with E-state index in [9.17, 15) is 4.79 Å². The lowest BCUT2D eigenvalue weighted by Crippen LogP contribution is -2.49. The predicted octanol–water partition coefficient (Wildman–Crippen LogP) is 1.52. The summed E-state index contributed by atoms with van der Waals surface area (Å²) in [6.45, 7) is 8.37. The number of amides is 1. The largest absolute Gasteiger partial charge is 0.381 e. The van der Waals surface area contributed by atoms with Crippen LogP contribution in [0.3, 0.4) is 0 Å². The van der Waals surface area contributed by atoms with Gasteiger partial charge in [-0.05, 0) is 25.7 Å². The van der Waals surface area contributed by atoms with Crippen LogP contribution in [0.2, 0.25) is 0 Å². The van der Waals surface area contributed by atoms with Gasteiger partial charge < -0.3 is 24.6 Å². The van der Waals surface area contributed by atoms with Crippen molar-refractivity contribution in [3.63, 3.8) is 0 Å². The van der Waals surface area contributed by atoms with E-state index in [-0.39, 0.29) is 18.6 Å². The van der Waals surface area contributed by atoms with E-state index in [1.54, 1.807) is 11.9 Å². The molecule has 142 valence electrons. The SMILES string of the molecule is CC(C)COC(C)c1noc(CN(C)C(=O)C2(CN)CCOCC2)n1. The fourth-order valence-corrected chi connectivity index (χ4v) is 2.86. The highest BCUT2D eigenvalue weighted by atomic mass is 16.5. The number of hydrogen-bond acceptors (Lipinski definition) is 7. The summed E-state index contributed by atoms with van der Waals surface area (Å²) in [6, 6.07) is 0. The molecule has 8 heteroatoms. The first-order valence-corrected chi connectivity index (χ1v) is 8.85. The summed E-state index contributed by atoms with van der Waals surface area (Å²) < 4.78 is 16.3. The lowest BCUT2D eigenvalue weighted by atomic mass is 9.79. The predicted molar refractivity (Wildman–Crippen MR) is 91.5 cm³/mol. The third-order valence-electron chi connectivity index (χ3n) is 4.54. The molecule has 1 fully saturated rings. The van der Waals surface area contributed by atoms with Gasteiger partial charge in [0.15, 0.2) is 5.82 Å². The second-order valence-electron chi connectivity index (χ2n) is 7.17. The molecule has 1 aliphatic heterocycles. The molecule has 0 bridgehead atoms. The number of rotatable bonds is 8. The second-order valence-corrected chi connectivity index (χ2v) is 7.17. The zero-order valence-electron chi connectivity index (χ0n) is 15.7. The first-order valence-electron chi connectivity index (χ1n) is 8.85. The normalized spacial score (nSPS) is 18.3. The van der Waals surface area contributed by atoms with Crippen LogP contribution in [-0.2, 0) is 20.8 Å². The summed E-state index contributed by atoms with van der Waals surface area (Å²) in [6.07, 6.45) is 1.04. The molecule has 0 radical (unpaired) electrons. The van der Waals surface area contributed by atoms with Crippen LogP contribution >= 0.6 is 0 Å². The zero-order chi connectivity index (χ0) is 18.4. The molecule has 8 nitrogen and oxygen atoms in total. The van der Waals surface area contributed by atoms with E-state index in [1.165, 1.54) is 0 Å². The van der Waals surface area contributed by atoms with Gasteiger partial charge in [-0.15, -0.1) is 0 Å². The van der Waals surface area contributed by atoms with Gasteiger partial charge in [0.25, 0.3) is 0 Å². The van der Waals surface area contributed by atoms with E-state index in [0.717, 1.165) is 0 Å². The summed E-state index contributed by atoms with van der Waals surface area (Å²) in [5.41, 5.74) is 5.35. The van der Waals surface area contributed by atoms with Crippen molar-refractivity contribution in [1.82, 2.24) is 15.0 Å². The third-order valence-corrected chi connectivity index (χ3v) is 4.54. The molecule has 1 aromatic heterocycles. The highest BCUT2D eigenvalue weighted by Crippen LogP contribution is 2.31. The molecule has 1 aromatic rings. The minimum atomic E-state index is -0.552. The Balaban J connectivity index is 1.96. The average Bonchev–Trinajstić information content (AvgIpc) is 3.08. The molecular formula is C17H30N4O4. The minimum Gasteiger partial charge on any atom is -0.381 e. The Morgan fingerprint density at radius 1 is 1.36 bits per heavy atom. The summed E-state index contributed by atoms with van der Waals surface area (Å²) in [5.74, 6) is 1.33. The molecule has 0 aromatic carbocycles. The van der Waals surface area contributed by atoms with E-state index in [0.29, 0.717) is 56.8 Å². The van der Waals surface area contributed by atoms with Gasteiger partial charge in [0.2, 0.25) is 11.8 Å². The summed E-state index contributed by atoms with van der Waals surface area (Å²) >= 11 is 0. The number of aromatic nitrogens is 2. The molecule has 2 heterocycles. The van der Waals surface area contributed by atoms with Gasteiger partial charge in [0.1, 0.15) is 6.10 Å². The van der Waals surface area contributed by atoms with Crippen molar-refractivity contribution >= 4 is 5.91 Å². The van der Waals surface area contributed by atoms with Crippen molar-refractivity contribution in [1.29, 1.82) is 0 Å². The first kappa shape index (κ1) is 19.8. The van der Waals surface area contributed by atoms with E-state index in [1.807, 2.05) is 6.92 Å². The Kier molecular flexibility index (Phi) is 6.92. The van der Waals surface area contributed by atoms with E-state index >= 15 is 0 Å². The summed E-state index contributed by atoms with van der Waals surface area (Å²) in [4.78, 5) is 18.8. The van der Waals surface area contributed by atoms with Crippen LogP contribution in [0.15, 0.2) is 4.52 Å². The van der Waals surface area contributed by atoms with Crippen molar-refractivity contribution in [2.24, 2.45) is 17.1 Å². The van der Waals surface area contributed by atoms with Crippen molar-refractivity contribution in [2.75, 3.05) is 33.4 Å². The summed E-state index contributed by atoms with van der Waals surface area (Å²) in [7, 11) is 1.73. The first-order chi connectivity index (χ1) is 11.9. The van der Waals surface area contributed by atoms with Gasteiger partial charge >= 0.3 is 0 Å². The van der Waals surface area contributed by atoms with Crippen LogP contribution in [0, 0.1) is 11.3 Å². The van der Waals surface area contributed by atoms with Gasteiger partial charge in [-0.2, -0.15) is 4.98 Å². The topological polar surface area (TPSA) is 104 Å². The fraction of sp³-hybridized carbons (Fsp3) is 0.824. The van der Waals surface area contributed by atoms with Crippen LogP contribution in [0.1, 0.15) is 51.4 Å². The molecule has 0 saturated carbocycles. The fourth-order valence-electron chi connectivity index (χ4n) is 2.86. The number of hydrogen-bond donors (Lipinski definition) is 1. The standard InChI is InChI=1S/C17H30N4O4/c1-12(2)10-24-13(3)15-19-14(25-20-15)9-21(4)16(22)17(11-18)5-7-23-8-6-17/h12-13H,5-11,18H2,1-4H3. The smallest absolute Gasteiger partial charge is 0.246 e. The third kappa shape index (κ3) is 4.99. The Morgan fingerprint density at radius 3 is 2.64 bits per heavy atom. The second kappa shape index (κ2) is 8.73. The molecule has 1 saturated heterocycles. The van der Waals surface area contributed by atoms with Gasteiger partial charge in [0, 0.05) is 33.4 Å². The Bertz CT molecular complexity index is 555. The van der Waals surface area contributed by atoms with Gasteiger partial charge in [-0.1, -0.05) is 19.0 Å². The molecule has 25 heavy (non-hydrogen) atoms. The van der Waals surface area contributed by atoms with Crippen LogP contribution in [0.25, 0.3) is 0 Å². The Morgan fingerprint density at radius 2 is 2.04 bits per heavy atom. The number of nitrogens with two attached hydrogens (primary N) is 1. The number of nitrogens with zero attached hydrogens (tertiary/aromatic N) is 3. The highest BCUT2D eigenvalue weighted by molar-refractivity contribution is 5.82. The van der Waals surface area contributed by atoms with Crippen molar-refractivity contribution < 1.29 is 18.8 Å². The molecule has 0 spiro atoms. The number of carbonyl (C=O) groups excluding carboxylic acids is 1. The van der Waals surface area contributed by atoms with E-state index < -0.39 is 5.41 Å². The van der Waals surface area contributed by atoms with Crippen LogP contribution in [0.5, 0.6) is 0 Å². The van der Waals surface area contributed by atoms with Crippen molar-refractivity contribution in [3.05, 3.63) is 11.7 Å². The van der Waals surface area contributed by atoms with Crippen LogP contribution < -0.4 is 5.73 Å². The molecule has 1 atom stereocenters. The van der Waals surface area contributed by atoms with E-state index in [2.05, 4.69) is 24.0 Å². The van der Waals surface area contributed by atoms with Gasteiger partial charge in [0.05, 0.1) is 12.0 Å². The lowest BCUT2D eigenvalue weighted by molar-refractivity contribution is -0.146. The van der Waals surface area contributed by atoms with Crippen molar-refractivity contribution in [3.8, 4) is 0 Å². The number of ether oxygens (including phenoxy) is 2. The molecule has 1 amide bonds. The molecule has 2 N–H and O–H groups in total. The maximum atomic E-state index is 12.8. The monoisotopic (exact) mass is 354 g/mol. The van der Waals surface area contributed by atoms with Gasteiger partial charge in [-0.25, -0.2) is 0 Å². The molecular weight excluding hydrogens is 324 g/mol. The van der Waals surface area contributed by atoms with E-state index in [4.69, 9.17) is 19.7 Å². The maximum Gasteiger partial charge on any atom is 0.246 e. The summed E-state index contributed by atoms with van der Waals surface area (Å²) in [5, 5.41) is 3.96.